The Morgan fingerprint density at radius 1 is 1.30 bits per heavy atom. The number of imidazole rings is 1. The second-order valence-electron chi connectivity index (χ2n) is 5.16. The highest BCUT2D eigenvalue weighted by atomic mass is 16.5. The van der Waals surface area contributed by atoms with E-state index in [1.165, 1.54) is 6.42 Å². The molecule has 1 atom stereocenters. The van der Waals surface area contributed by atoms with Crippen molar-refractivity contribution in [2.75, 3.05) is 13.7 Å². The van der Waals surface area contributed by atoms with E-state index in [9.17, 15) is 0 Å². The number of aromatic amines is 1. The Labute approximate surface area is 118 Å². The van der Waals surface area contributed by atoms with Crippen molar-refractivity contribution in [3.05, 3.63) is 35.7 Å². The zero-order chi connectivity index (χ0) is 13.9. The molecule has 106 valence electrons. The summed E-state index contributed by atoms with van der Waals surface area (Å²) in [5.74, 6) is 1.06. The van der Waals surface area contributed by atoms with Crippen molar-refractivity contribution in [1.82, 2.24) is 24.8 Å². The number of ether oxygens (including phenoxy) is 1. The molecule has 0 radical (unpaired) electrons. The Balaban J connectivity index is 1.72. The first-order valence-corrected chi connectivity index (χ1v) is 6.86. The van der Waals surface area contributed by atoms with Crippen LogP contribution in [-0.4, -0.2) is 38.5 Å². The lowest BCUT2D eigenvalue weighted by molar-refractivity contribution is 0.240. The fraction of sp³-hybridized carbons (Fsp3) is 0.500. The van der Waals surface area contributed by atoms with Gasteiger partial charge >= 0.3 is 6.01 Å². The Bertz CT molecular complexity index is 565. The van der Waals surface area contributed by atoms with E-state index in [4.69, 9.17) is 4.74 Å². The van der Waals surface area contributed by atoms with E-state index in [0.29, 0.717) is 12.1 Å². The van der Waals surface area contributed by atoms with E-state index in [1.54, 1.807) is 7.11 Å². The normalized spacial score (nSPS) is 19.4. The summed E-state index contributed by atoms with van der Waals surface area (Å²) in [5, 5.41) is 0. The van der Waals surface area contributed by atoms with Crippen molar-refractivity contribution in [1.29, 1.82) is 0 Å². The second-order valence-corrected chi connectivity index (χ2v) is 5.16. The number of aryl methyl sites for hydroxylation is 1. The van der Waals surface area contributed by atoms with Gasteiger partial charge in [-0.3, -0.25) is 4.90 Å². The van der Waals surface area contributed by atoms with Crippen LogP contribution in [0.5, 0.6) is 6.01 Å². The lowest BCUT2D eigenvalue weighted by Crippen LogP contribution is -2.23. The van der Waals surface area contributed by atoms with Crippen LogP contribution in [-0.2, 0) is 6.54 Å². The van der Waals surface area contributed by atoms with E-state index >= 15 is 0 Å². The summed E-state index contributed by atoms with van der Waals surface area (Å²) in [6.45, 7) is 3.96. The van der Waals surface area contributed by atoms with Gasteiger partial charge in [-0.2, -0.15) is 0 Å². The Morgan fingerprint density at radius 3 is 2.75 bits per heavy atom. The Kier molecular flexibility index (Phi) is 3.64. The Morgan fingerprint density at radius 2 is 2.10 bits per heavy atom. The lowest BCUT2D eigenvalue weighted by atomic mass is 10.2. The molecule has 0 bridgehead atoms. The van der Waals surface area contributed by atoms with E-state index in [2.05, 4.69) is 24.8 Å². The van der Waals surface area contributed by atoms with Crippen LogP contribution in [0.1, 0.15) is 36.0 Å². The van der Waals surface area contributed by atoms with Gasteiger partial charge in [0.25, 0.3) is 0 Å². The molecule has 6 heteroatoms. The third-order valence-electron chi connectivity index (χ3n) is 3.65. The average Bonchev–Trinajstić information content (AvgIpc) is 3.08. The molecule has 6 nitrogen and oxygen atoms in total. The molecule has 1 aliphatic rings. The minimum absolute atomic E-state index is 0.366. The van der Waals surface area contributed by atoms with Gasteiger partial charge < -0.3 is 9.72 Å². The number of hydrogen-bond donors (Lipinski definition) is 1. The van der Waals surface area contributed by atoms with Crippen molar-refractivity contribution >= 4 is 0 Å². The molecule has 1 aliphatic heterocycles. The maximum atomic E-state index is 4.98. The largest absolute Gasteiger partial charge is 0.467 e. The van der Waals surface area contributed by atoms with Crippen LogP contribution in [0.3, 0.4) is 0 Å². The van der Waals surface area contributed by atoms with Gasteiger partial charge in [0.1, 0.15) is 5.82 Å². The summed E-state index contributed by atoms with van der Waals surface area (Å²) >= 11 is 0. The number of methoxy groups -OCH3 is 1. The van der Waals surface area contributed by atoms with Crippen LogP contribution < -0.4 is 4.74 Å². The van der Waals surface area contributed by atoms with E-state index in [0.717, 1.165) is 36.6 Å². The monoisotopic (exact) mass is 273 g/mol. The summed E-state index contributed by atoms with van der Waals surface area (Å²) < 4.78 is 4.98. The van der Waals surface area contributed by atoms with Crippen LogP contribution >= 0.6 is 0 Å². The molecular weight excluding hydrogens is 254 g/mol. The van der Waals surface area contributed by atoms with Crippen LogP contribution in [0.15, 0.2) is 18.6 Å². The third-order valence-corrected chi connectivity index (χ3v) is 3.65. The Hall–Kier alpha value is -1.95. The highest BCUT2D eigenvalue weighted by Crippen LogP contribution is 2.31. The van der Waals surface area contributed by atoms with Gasteiger partial charge in [0.2, 0.25) is 0 Å². The fourth-order valence-electron chi connectivity index (χ4n) is 2.69. The molecule has 1 N–H and O–H groups in total. The maximum Gasteiger partial charge on any atom is 0.316 e. The molecule has 3 rings (SSSR count). The van der Waals surface area contributed by atoms with Crippen LogP contribution in [0, 0.1) is 6.92 Å². The van der Waals surface area contributed by atoms with Crippen LogP contribution in [0.25, 0.3) is 0 Å². The smallest absolute Gasteiger partial charge is 0.316 e. The average molecular weight is 273 g/mol. The molecule has 0 aliphatic carbocycles. The number of aromatic nitrogens is 4. The number of nitrogens with zero attached hydrogens (tertiary/aromatic N) is 4. The van der Waals surface area contributed by atoms with Crippen molar-refractivity contribution in [3.63, 3.8) is 0 Å². The highest BCUT2D eigenvalue weighted by Gasteiger charge is 2.28. The molecule has 2 aromatic rings. The molecule has 0 aromatic carbocycles. The first kappa shape index (κ1) is 13.1. The van der Waals surface area contributed by atoms with E-state index < -0.39 is 0 Å². The highest BCUT2D eigenvalue weighted by molar-refractivity contribution is 5.10. The van der Waals surface area contributed by atoms with Crippen molar-refractivity contribution < 1.29 is 4.74 Å². The van der Waals surface area contributed by atoms with Crippen molar-refractivity contribution in [3.8, 4) is 6.01 Å². The zero-order valence-corrected chi connectivity index (χ0v) is 11.8. The molecule has 20 heavy (non-hydrogen) atoms. The molecule has 0 amide bonds. The number of nitrogens with one attached hydrogen (secondary N) is 1. The van der Waals surface area contributed by atoms with Gasteiger partial charge in [0, 0.05) is 36.4 Å². The number of rotatable bonds is 4. The predicted octanol–water partition coefficient (Wildman–Crippen LogP) is 1.85. The summed E-state index contributed by atoms with van der Waals surface area (Å²) in [7, 11) is 1.57. The SMILES string of the molecule is COc1ncc(CN2CCC[C@H]2c2ncc(C)[nH]2)cn1. The predicted molar refractivity (Wildman–Crippen MR) is 74.3 cm³/mol. The minimum Gasteiger partial charge on any atom is -0.467 e. The van der Waals surface area contributed by atoms with Gasteiger partial charge in [-0.1, -0.05) is 0 Å². The first-order chi connectivity index (χ1) is 9.76. The van der Waals surface area contributed by atoms with Gasteiger partial charge in [-0.25, -0.2) is 15.0 Å². The molecule has 0 unspecified atom stereocenters. The number of likely N-dealkylation sites (tertiary alicyclic amines) is 1. The minimum atomic E-state index is 0.366. The van der Waals surface area contributed by atoms with E-state index in [1.807, 2.05) is 25.5 Å². The van der Waals surface area contributed by atoms with Gasteiger partial charge in [0.05, 0.1) is 13.2 Å². The van der Waals surface area contributed by atoms with Gasteiger partial charge in [0.15, 0.2) is 0 Å². The van der Waals surface area contributed by atoms with Crippen LogP contribution in [0.4, 0.5) is 0 Å². The molecule has 0 spiro atoms. The maximum absolute atomic E-state index is 4.98. The summed E-state index contributed by atoms with van der Waals surface area (Å²) in [6.07, 6.45) is 7.89. The summed E-state index contributed by atoms with van der Waals surface area (Å²) in [4.78, 5) is 18.6. The summed E-state index contributed by atoms with van der Waals surface area (Å²) in [5.41, 5.74) is 2.21. The second kappa shape index (κ2) is 5.58. The summed E-state index contributed by atoms with van der Waals surface area (Å²) in [6, 6.07) is 0.777. The van der Waals surface area contributed by atoms with Gasteiger partial charge in [-0.15, -0.1) is 0 Å². The number of H-pyrrole nitrogens is 1. The number of hydrogen-bond acceptors (Lipinski definition) is 5. The molecule has 1 fully saturated rings. The molecule has 0 saturated carbocycles. The molecular formula is C14H19N5O. The zero-order valence-electron chi connectivity index (χ0n) is 11.8. The van der Waals surface area contributed by atoms with Crippen LogP contribution in [0.2, 0.25) is 0 Å². The lowest BCUT2D eigenvalue weighted by Gasteiger charge is -2.22. The van der Waals surface area contributed by atoms with Crippen molar-refractivity contribution in [2.45, 2.75) is 32.4 Å². The van der Waals surface area contributed by atoms with E-state index in [-0.39, 0.29) is 0 Å². The topological polar surface area (TPSA) is 66.9 Å². The standard InChI is InChI=1S/C14H19N5O/c1-10-6-15-13(18-10)12-4-3-5-19(12)9-11-7-16-14(20-2)17-8-11/h6-8,12H,3-5,9H2,1-2H3,(H,15,18)/t12-/m0/s1. The molecule has 3 heterocycles. The van der Waals surface area contributed by atoms with Gasteiger partial charge in [-0.05, 0) is 26.3 Å². The fourth-order valence-corrected chi connectivity index (χ4v) is 2.69. The molecule has 1 saturated heterocycles. The first-order valence-electron chi connectivity index (χ1n) is 6.86. The molecule has 2 aromatic heterocycles. The van der Waals surface area contributed by atoms with Crippen molar-refractivity contribution in [2.24, 2.45) is 0 Å². The quantitative estimate of drug-likeness (QED) is 0.921. The third kappa shape index (κ3) is 2.65.